The van der Waals surface area contributed by atoms with Gasteiger partial charge in [-0.15, -0.1) is 0 Å². The van der Waals surface area contributed by atoms with Crippen molar-refractivity contribution in [1.82, 2.24) is 0 Å². The summed E-state index contributed by atoms with van der Waals surface area (Å²) < 4.78 is 65.7. The standard InChI is InChI=1S/C22H24N2O11S2/c25-9-10-33-11-12-34-13-14-35-15-22(28,36(29,30)20-5-1-18(2-6-20)23-16-26)37(31,32)21-7-3-19(4-8-21)24-17-27/h1-8,25,28H,9-15H2. The summed E-state index contributed by atoms with van der Waals surface area (Å²) in [5.74, 6) is 0. The quantitative estimate of drug-likeness (QED) is 0.166. The van der Waals surface area contributed by atoms with Crippen LogP contribution in [0.1, 0.15) is 0 Å². The minimum absolute atomic E-state index is 0.0584. The summed E-state index contributed by atoms with van der Waals surface area (Å²) in [4.78, 5) is 26.4. The molecular formula is C22H24N2O11S2. The summed E-state index contributed by atoms with van der Waals surface area (Å²) in [6.45, 7) is -1.22. The van der Waals surface area contributed by atoms with Crippen molar-refractivity contribution in [1.29, 1.82) is 0 Å². The fourth-order valence-corrected chi connectivity index (χ4v) is 6.81. The third-order valence-corrected chi connectivity index (χ3v) is 9.76. The molecule has 13 nitrogen and oxygen atoms in total. The number of isocyanates is 2. The number of nitrogens with zero attached hydrogens (tertiary/aromatic N) is 2. The average molecular weight is 557 g/mol. The number of hydrogen-bond donors (Lipinski definition) is 2. The van der Waals surface area contributed by atoms with Crippen LogP contribution in [0.5, 0.6) is 0 Å². The van der Waals surface area contributed by atoms with Crippen LogP contribution >= 0.6 is 0 Å². The molecule has 0 saturated carbocycles. The van der Waals surface area contributed by atoms with E-state index < -0.39 is 40.3 Å². The van der Waals surface area contributed by atoms with Crippen molar-refractivity contribution in [2.45, 2.75) is 14.1 Å². The van der Waals surface area contributed by atoms with E-state index in [2.05, 4.69) is 9.98 Å². The minimum atomic E-state index is -5.03. The first kappa shape index (κ1) is 30.1. The topological polar surface area (TPSA) is 195 Å². The molecule has 2 N–H and O–H groups in total. The Hall–Kier alpha value is -3.10. The molecule has 0 aliphatic rings. The van der Waals surface area contributed by atoms with E-state index in [0.29, 0.717) is 0 Å². The van der Waals surface area contributed by atoms with Crippen LogP contribution in [0.4, 0.5) is 11.4 Å². The molecule has 0 atom stereocenters. The van der Waals surface area contributed by atoms with Crippen LogP contribution in [0.25, 0.3) is 0 Å². The predicted molar refractivity (Wildman–Crippen MR) is 127 cm³/mol. The number of benzene rings is 2. The van der Waals surface area contributed by atoms with Crippen LogP contribution < -0.4 is 0 Å². The van der Waals surface area contributed by atoms with Gasteiger partial charge in [-0.1, -0.05) is 0 Å². The van der Waals surface area contributed by atoms with Gasteiger partial charge in [-0.25, -0.2) is 26.4 Å². The van der Waals surface area contributed by atoms with Crippen molar-refractivity contribution in [2.24, 2.45) is 9.98 Å². The summed E-state index contributed by atoms with van der Waals surface area (Å²) in [7, 11) is -10.1. The largest absolute Gasteiger partial charge is 0.394 e. The zero-order valence-corrected chi connectivity index (χ0v) is 21.0. The van der Waals surface area contributed by atoms with Gasteiger partial charge in [-0.2, -0.15) is 9.98 Å². The number of hydrogen-bond acceptors (Lipinski definition) is 13. The molecule has 0 aromatic heterocycles. The van der Waals surface area contributed by atoms with Crippen molar-refractivity contribution in [3.8, 4) is 0 Å². The normalized spacial score (nSPS) is 13.2. The number of ether oxygens (including phenoxy) is 3. The summed E-state index contributed by atoms with van der Waals surface area (Å²) in [6, 6.07) is 8.42. The second-order valence-corrected chi connectivity index (χ2v) is 11.7. The van der Waals surface area contributed by atoms with Gasteiger partial charge in [0, 0.05) is 0 Å². The van der Waals surface area contributed by atoms with Crippen LogP contribution in [0, 0.1) is 0 Å². The minimum Gasteiger partial charge on any atom is -0.394 e. The SMILES string of the molecule is O=C=Nc1ccc(S(=O)(=O)C(O)(COCCOCCOCCO)S(=O)(=O)c2ccc(N=C=O)cc2)cc1. The molecule has 0 radical (unpaired) electrons. The Kier molecular flexibility index (Phi) is 11.4. The molecule has 0 aliphatic heterocycles. The molecule has 0 spiro atoms. The molecule has 15 heteroatoms. The summed E-state index contributed by atoms with van der Waals surface area (Å²) in [5.41, 5.74) is 0.117. The van der Waals surface area contributed by atoms with E-state index >= 15 is 0 Å². The molecular weight excluding hydrogens is 532 g/mol. The molecule has 0 bridgehead atoms. The molecule has 0 saturated heterocycles. The molecule has 0 amide bonds. The predicted octanol–water partition coefficient (Wildman–Crippen LogP) is 0.557. The van der Waals surface area contributed by atoms with Crippen LogP contribution in [-0.2, 0) is 43.5 Å². The lowest BCUT2D eigenvalue weighted by Crippen LogP contribution is -2.50. The molecule has 0 aliphatic carbocycles. The molecule has 2 rings (SSSR count). The van der Waals surface area contributed by atoms with Gasteiger partial charge in [0.05, 0.1) is 60.8 Å². The summed E-state index contributed by atoms with van der Waals surface area (Å²) >= 11 is 0. The van der Waals surface area contributed by atoms with Crippen LogP contribution in [0.3, 0.4) is 0 Å². The number of aliphatic imine (C=N–C) groups is 2. The Bertz CT molecular complexity index is 1240. The zero-order chi connectivity index (χ0) is 27.4. The van der Waals surface area contributed by atoms with Crippen molar-refractivity contribution in [3.05, 3.63) is 48.5 Å². The number of aliphatic hydroxyl groups is 2. The first-order valence-electron chi connectivity index (χ1n) is 10.6. The highest BCUT2D eigenvalue weighted by molar-refractivity contribution is 8.10. The van der Waals surface area contributed by atoms with Gasteiger partial charge < -0.3 is 24.4 Å². The third kappa shape index (κ3) is 7.46. The lowest BCUT2D eigenvalue weighted by molar-refractivity contribution is -0.00732. The highest BCUT2D eigenvalue weighted by Gasteiger charge is 2.55. The molecule has 2 aromatic carbocycles. The van der Waals surface area contributed by atoms with Crippen molar-refractivity contribution >= 4 is 43.2 Å². The highest BCUT2D eigenvalue weighted by Crippen LogP contribution is 2.35. The number of aliphatic hydroxyl groups excluding tert-OH is 1. The van der Waals surface area contributed by atoms with E-state index in [-0.39, 0.29) is 51.0 Å². The number of rotatable bonds is 16. The Morgan fingerprint density at radius 2 is 1.05 bits per heavy atom. The summed E-state index contributed by atoms with van der Waals surface area (Å²) in [5, 5.41) is 19.9. The van der Waals surface area contributed by atoms with Gasteiger partial charge in [0.2, 0.25) is 31.8 Å². The van der Waals surface area contributed by atoms with E-state index in [9.17, 15) is 31.5 Å². The molecule has 0 unspecified atom stereocenters. The smallest absolute Gasteiger partial charge is 0.300 e. The molecule has 37 heavy (non-hydrogen) atoms. The first-order chi connectivity index (χ1) is 17.6. The number of sulfone groups is 2. The van der Waals surface area contributed by atoms with Crippen LogP contribution in [-0.4, -0.2) is 89.7 Å². The van der Waals surface area contributed by atoms with Crippen LogP contribution in [0.15, 0.2) is 68.3 Å². The average Bonchev–Trinajstić information content (AvgIpc) is 2.88. The van der Waals surface area contributed by atoms with Crippen LogP contribution in [0.2, 0.25) is 0 Å². The monoisotopic (exact) mass is 556 g/mol. The maximum Gasteiger partial charge on any atom is 0.300 e. The zero-order valence-electron chi connectivity index (χ0n) is 19.3. The van der Waals surface area contributed by atoms with Crippen molar-refractivity contribution in [3.63, 3.8) is 0 Å². The van der Waals surface area contributed by atoms with E-state index in [0.717, 1.165) is 48.5 Å². The fourth-order valence-electron chi connectivity index (χ4n) is 2.88. The Morgan fingerprint density at radius 3 is 1.43 bits per heavy atom. The van der Waals surface area contributed by atoms with E-state index in [4.69, 9.17) is 19.3 Å². The van der Waals surface area contributed by atoms with Gasteiger partial charge in [-0.3, -0.25) is 0 Å². The van der Waals surface area contributed by atoms with Gasteiger partial charge >= 0.3 is 4.27 Å². The second-order valence-electron chi connectivity index (χ2n) is 7.11. The summed E-state index contributed by atoms with van der Waals surface area (Å²) in [6.07, 6.45) is 2.58. The third-order valence-electron chi connectivity index (χ3n) is 4.75. The molecule has 200 valence electrons. The Morgan fingerprint density at radius 1 is 0.676 bits per heavy atom. The lowest BCUT2D eigenvalue weighted by atomic mass is 10.3. The van der Waals surface area contributed by atoms with Gasteiger partial charge in [-0.05, 0) is 48.5 Å². The first-order valence-corrected chi connectivity index (χ1v) is 13.5. The number of carbonyl (C=O) groups excluding carboxylic acids is 2. The van der Waals surface area contributed by atoms with Crippen molar-refractivity contribution in [2.75, 3.05) is 46.2 Å². The van der Waals surface area contributed by atoms with E-state index in [1.165, 1.54) is 12.2 Å². The van der Waals surface area contributed by atoms with Gasteiger partial charge in [0.15, 0.2) is 0 Å². The Balaban J connectivity index is 2.34. The van der Waals surface area contributed by atoms with E-state index in [1.807, 2.05) is 0 Å². The maximum atomic E-state index is 13.4. The molecule has 0 fully saturated rings. The van der Waals surface area contributed by atoms with Crippen molar-refractivity contribution < 1.29 is 50.8 Å². The highest BCUT2D eigenvalue weighted by atomic mass is 32.3. The Labute approximate surface area is 212 Å². The maximum absolute atomic E-state index is 13.4. The van der Waals surface area contributed by atoms with Gasteiger partial charge in [0.25, 0.3) is 0 Å². The fraction of sp³-hybridized carbons (Fsp3) is 0.364. The van der Waals surface area contributed by atoms with E-state index in [1.54, 1.807) is 0 Å². The molecule has 0 heterocycles. The molecule has 2 aromatic rings. The second kappa shape index (κ2) is 14.0. The van der Waals surface area contributed by atoms with Gasteiger partial charge in [0.1, 0.15) is 6.61 Å². The lowest BCUT2D eigenvalue weighted by Gasteiger charge is -2.27.